The number of carbonyl (C=O) groups is 1. The number of ether oxygens (including phenoxy) is 1. The van der Waals surface area contributed by atoms with Crippen molar-refractivity contribution in [3.05, 3.63) is 0 Å². The summed E-state index contributed by atoms with van der Waals surface area (Å²) in [7, 11) is 0. The van der Waals surface area contributed by atoms with Crippen LogP contribution in [0, 0.1) is 10.8 Å². The van der Waals surface area contributed by atoms with Gasteiger partial charge in [-0.05, 0) is 0 Å². The van der Waals surface area contributed by atoms with Crippen LogP contribution in [0.15, 0.2) is 0 Å². The number of thioether (sulfide) groups is 1. The summed E-state index contributed by atoms with van der Waals surface area (Å²) in [5.41, 5.74) is -0.447. The van der Waals surface area contributed by atoms with Crippen LogP contribution in [0.25, 0.3) is 0 Å². The molecule has 5 heteroatoms. The minimum Gasteiger partial charge on any atom is -0.459 e. The van der Waals surface area contributed by atoms with Crippen molar-refractivity contribution in [2.45, 2.75) is 32.9 Å². The highest BCUT2D eigenvalue weighted by Crippen LogP contribution is 2.34. The summed E-state index contributed by atoms with van der Waals surface area (Å²) in [6.07, 6.45) is 0.0359. The van der Waals surface area contributed by atoms with Crippen LogP contribution in [0.5, 0.6) is 0 Å². The quantitative estimate of drug-likeness (QED) is 0.680. The summed E-state index contributed by atoms with van der Waals surface area (Å²) < 4.78 is 5.38. The third-order valence-corrected chi connectivity index (χ3v) is 3.82. The second-order valence-electron chi connectivity index (χ2n) is 4.99. The molecule has 15 heavy (non-hydrogen) atoms. The second kappa shape index (κ2) is 3.40. The van der Waals surface area contributed by atoms with Crippen molar-refractivity contribution in [2.75, 3.05) is 11.5 Å². The molecule has 0 bridgehead atoms. The fraction of sp³-hybridized carbons (Fsp3) is 0.800. The summed E-state index contributed by atoms with van der Waals surface area (Å²) in [4.78, 5) is 13.6. The Morgan fingerprint density at radius 2 is 2.20 bits per heavy atom. The highest BCUT2D eigenvalue weighted by Gasteiger charge is 2.48. The summed E-state index contributed by atoms with van der Waals surface area (Å²) in [6, 6.07) is 0.111. The molecule has 84 valence electrons. The van der Waals surface area contributed by atoms with Gasteiger partial charge < -0.3 is 4.74 Å². The topological polar surface area (TPSA) is 53.4 Å². The number of nitrogens with zero attached hydrogens (tertiary/aromatic N) is 1. The third kappa shape index (κ3) is 1.73. The molecule has 0 aromatic carbocycles. The number of carbonyl (C=O) groups excluding carboxylic acids is 1. The first-order valence-electron chi connectivity index (χ1n) is 5.08. The number of amides is 1. The Morgan fingerprint density at radius 1 is 1.53 bits per heavy atom. The van der Waals surface area contributed by atoms with E-state index in [4.69, 9.17) is 10.1 Å². The maximum atomic E-state index is 12.1. The van der Waals surface area contributed by atoms with Crippen molar-refractivity contribution in [2.24, 2.45) is 5.41 Å². The van der Waals surface area contributed by atoms with Gasteiger partial charge in [0, 0.05) is 16.9 Å². The van der Waals surface area contributed by atoms with E-state index in [9.17, 15) is 4.79 Å². The van der Waals surface area contributed by atoms with Gasteiger partial charge in [0.2, 0.25) is 5.91 Å². The molecule has 0 radical (unpaired) electrons. The molecule has 0 aromatic heterocycles. The van der Waals surface area contributed by atoms with Gasteiger partial charge >= 0.3 is 0 Å². The van der Waals surface area contributed by atoms with Crippen LogP contribution in [0.4, 0.5) is 0 Å². The number of rotatable bonds is 0. The largest absolute Gasteiger partial charge is 0.459 e. The Bertz CT molecular complexity index is 311. The molecule has 2 rings (SSSR count). The molecule has 0 spiro atoms. The zero-order valence-corrected chi connectivity index (χ0v) is 10.1. The van der Waals surface area contributed by atoms with Gasteiger partial charge in [0.25, 0.3) is 6.02 Å². The summed E-state index contributed by atoms with van der Waals surface area (Å²) in [5.74, 6) is 1.76. The van der Waals surface area contributed by atoms with Gasteiger partial charge in [-0.15, -0.1) is 0 Å². The van der Waals surface area contributed by atoms with Gasteiger partial charge in [-0.3, -0.25) is 15.1 Å². The Labute approximate surface area is 93.9 Å². The Hall–Kier alpha value is -0.710. The smallest absolute Gasteiger partial charge is 0.292 e. The average Bonchev–Trinajstić information content (AvgIpc) is 2.60. The predicted octanol–water partition coefficient (Wildman–Crippen LogP) is 1.31. The predicted molar refractivity (Wildman–Crippen MR) is 60.0 cm³/mol. The lowest BCUT2D eigenvalue weighted by molar-refractivity contribution is -0.136. The van der Waals surface area contributed by atoms with Crippen LogP contribution in [-0.2, 0) is 9.53 Å². The molecule has 1 amide bonds. The molecule has 2 atom stereocenters. The van der Waals surface area contributed by atoms with Crippen LogP contribution in [-0.4, -0.2) is 40.5 Å². The summed E-state index contributed by atoms with van der Waals surface area (Å²) >= 11 is 1.78. The normalized spacial score (nSPS) is 30.3. The molecule has 0 saturated carbocycles. The maximum Gasteiger partial charge on any atom is 0.292 e. The third-order valence-electron chi connectivity index (χ3n) is 2.67. The van der Waals surface area contributed by atoms with Crippen molar-refractivity contribution in [3.63, 3.8) is 0 Å². The molecule has 2 aliphatic heterocycles. The molecule has 0 aliphatic carbocycles. The van der Waals surface area contributed by atoms with Gasteiger partial charge in [0.1, 0.15) is 6.10 Å². The lowest BCUT2D eigenvalue weighted by atomic mass is 9.94. The van der Waals surface area contributed by atoms with Gasteiger partial charge in [0.05, 0.1) is 6.04 Å². The zero-order chi connectivity index (χ0) is 11.2. The second-order valence-corrected chi connectivity index (χ2v) is 6.07. The lowest BCUT2D eigenvalue weighted by Gasteiger charge is -2.27. The van der Waals surface area contributed by atoms with Crippen LogP contribution in [0.2, 0.25) is 0 Å². The average molecular weight is 228 g/mol. The number of nitrogens with one attached hydrogen (secondary N) is 1. The zero-order valence-electron chi connectivity index (χ0n) is 9.24. The van der Waals surface area contributed by atoms with E-state index in [2.05, 4.69) is 0 Å². The molecule has 1 N–H and O–H groups in total. The van der Waals surface area contributed by atoms with Gasteiger partial charge in [0.15, 0.2) is 0 Å². The Balaban J connectivity index is 2.21. The molecule has 2 heterocycles. The first kappa shape index (κ1) is 10.8. The van der Waals surface area contributed by atoms with Crippen molar-refractivity contribution < 1.29 is 9.53 Å². The van der Waals surface area contributed by atoms with Gasteiger partial charge in [-0.25, -0.2) is 0 Å². The van der Waals surface area contributed by atoms with Gasteiger partial charge in [-0.1, -0.05) is 20.8 Å². The number of amidine groups is 1. The maximum absolute atomic E-state index is 12.1. The van der Waals surface area contributed by atoms with E-state index in [0.29, 0.717) is 0 Å². The fourth-order valence-corrected chi connectivity index (χ4v) is 3.10. The number of hydrogen-bond donors (Lipinski definition) is 1. The molecule has 4 nitrogen and oxygen atoms in total. The van der Waals surface area contributed by atoms with E-state index in [1.807, 2.05) is 20.8 Å². The standard InChI is InChI=1S/C10H16N2O2S/c1-10(2,3)8(13)12-6-4-15-5-7(6)14-9(12)11/h6-7,11H,4-5H2,1-3H3/t6-,7-/m0/s1. The first-order valence-corrected chi connectivity index (χ1v) is 6.23. The van der Waals surface area contributed by atoms with E-state index in [-0.39, 0.29) is 24.1 Å². The van der Waals surface area contributed by atoms with E-state index in [0.717, 1.165) is 11.5 Å². The molecular formula is C10H16N2O2S. The lowest BCUT2D eigenvalue weighted by Crippen LogP contribution is -2.46. The SMILES string of the molecule is CC(C)(C)C(=O)N1C(=N)O[C@H]2CSC[C@@H]21. The van der Waals surface area contributed by atoms with E-state index in [1.54, 1.807) is 11.8 Å². The van der Waals surface area contributed by atoms with Crippen molar-refractivity contribution in [1.29, 1.82) is 5.41 Å². The minimum atomic E-state index is -0.447. The van der Waals surface area contributed by atoms with Gasteiger partial charge in [-0.2, -0.15) is 11.8 Å². The molecule has 2 saturated heterocycles. The number of fused-ring (bicyclic) bond motifs is 1. The fourth-order valence-electron chi connectivity index (χ4n) is 1.83. The van der Waals surface area contributed by atoms with Crippen molar-refractivity contribution in [1.82, 2.24) is 4.90 Å². The molecule has 2 fully saturated rings. The van der Waals surface area contributed by atoms with Crippen LogP contribution in [0.3, 0.4) is 0 Å². The molecule has 0 aromatic rings. The van der Waals surface area contributed by atoms with E-state index >= 15 is 0 Å². The Morgan fingerprint density at radius 3 is 2.80 bits per heavy atom. The molecular weight excluding hydrogens is 212 g/mol. The number of hydrogen-bond acceptors (Lipinski definition) is 4. The van der Waals surface area contributed by atoms with Crippen LogP contribution < -0.4 is 0 Å². The van der Waals surface area contributed by atoms with Crippen LogP contribution in [0.1, 0.15) is 20.8 Å². The highest BCUT2D eigenvalue weighted by molar-refractivity contribution is 7.99. The van der Waals surface area contributed by atoms with Crippen molar-refractivity contribution >= 4 is 23.7 Å². The van der Waals surface area contributed by atoms with E-state index < -0.39 is 5.41 Å². The monoisotopic (exact) mass is 228 g/mol. The highest BCUT2D eigenvalue weighted by atomic mass is 32.2. The Kier molecular flexibility index (Phi) is 2.45. The minimum absolute atomic E-state index is 0.0116. The first-order chi connectivity index (χ1) is 6.91. The molecule has 0 unspecified atom stereocenters. The van der Waals surface area contributed by atoms with Crippen LogP contribution >= 0.6 is 11.8 Å². The summed E-state index contributed by atoms with van der Waals surface area (Å²) in [5, 5.41) is 7.69. The van der Waals surface area contributed by atoms with Crippen molar-refractivity contribution in [3.8, 4) is 0 Å². The van der Waals surface area contributed by atoms with E-state index in [1.165, 1.54) is 4.90 Å². The molecule has 2 aliphatic rings. The summed E-state index contributed by atoms with van der Waals surface area (Å²) in [6.45, 7) is 5.62.